The van der Waals surface area contributed by atoms with Crippen LogP contribution in [0.15, 0.2) is 24.3 Å². The van der Waals surface area contributed by atoms with Crippen molar-refractivity contribution in [1.82, 2.24) is 5.32 Å². The van der Waals surface area contributed by atoms with Gasteiger partial charge in [0.1, 0.15) is 0 Å². The van der Waals surface area contributed by atoms with Crippen LogP contribution in [0.2, 0.25) is 0 Å². The first-order valence-corrected chi connectivity index (χ1v) is 5.72. The van der Waals surface area contributed by atoms with E-state index in [-0.39, 0.29) is 5.54 Å². The van der Waals surface area contributed by atoms with E-state index in [1.807, 2.05) is 0 Å². The van der Waals surface area contributed by atoms with Gasteiger partial charge in [-0.05, 0) is 30.0 Å². The van der Waals surface area contributed by atoms with Crippen molar-refractivity contribution in [2.75, 3.05) is 13.1 Å². The van der Waals surface area contributed by atoms with Crippen LogP contribution in [-0.2, 0) is 5.54 Å². The third-order valence-electron chi connectivity index (χ3n) is 3.32. The molecule has 0 spiro atoms. The summed E-state index contributed by atoms with van der Waals surface area (Å²) in [5.74, 6) is 0.572. The van der Waals surface area contributed by atoms with Crippen LogP contribution in [-0.4, -0.2) is 13.1 Å². The average molecular weight is 204 g/mol. The van der Waals surface area contributed by atoms with Gasteiger partial charge in [-0.25, -0.2) is 0 Å². The summed E-state index contributed by atoms with van der Waals surface area (Å²) in [4.78, 5) is 0. The van der Waals surface area contributed by atoms with Crippen LogP contribution in [0.3, 0.4) is 0 Å². The molecule has 0 amide bonds. The number of nitrogens with two attached hydrogens (primary N) is 1. The van der Waals surface area contributed by atoms with E-state index in [4.69, 9.17) is 5.73 Å². The summed E-state index contributed by atoms with van der Waals surface area (Å²) in [6.07, 6.45) is 1.04. The van der Waals surface area contributed by atoms with Gasteiger partial charge in [-0.3, -0.25) is 0 Å². The number of nitrogens with one attached hydrogen (secondary N) is 1. The fourth-order valence-corrected chi connectivity index (χ4v) is 2.17. The lowest BCUT2D eigenvalue weighted by molar-refractivity contribution is 0.493. The van der Waals surface area contributed by atoms with Crippen LogP contribution in [0, 0.1) is 0 Å². The molecule has 3 N–H and O–H groups in total. The minimum atomic E-state index is -0.148. The van der Waals surface area contributed by atoms with Gasteiger partial charge in [0.2, 0.25) is 0 Å². The Morgan fingerprint density at radius 2 is 2.20 bits per heavy atom. The number of benzene rings is 1. The Balaban J connectivity index is 2.31. The Morgan fingerprint density at radius 3 is 2.80 bits per heavy atom. The fourth-order valence-electron chi connectivity index (χ4n) is 2.17. The quantitative estimate of drug-likeness (QED) is 0.773. The Hall–Kier alpha value is -0.860. The highest BCUT2D eigenvalue weighted by atomic mass is 15.0. The van der Waals surface area contributed by atoms with E-state index in [1.54, 1.807) is 0 Å². The van der Waals surface area contributed by atoms with Gasteiger partial charge in [0, 0.05) is 6.54 Å². The van der Waals surface area contributed by atoms with Crippen LogP contribution in [0.4, 0.5) is 0 Å². The molecule has 0 saturated carbocycles. The maximum Gasteiger partial charge on any atom is 0.0548 e. The summed E-state index contributed by atoms with van der Waals surface area (Å²) in [6.45, 7) is 6.36. The average Bonchev–Trinajstić information content (AvgIpc) is 2.67. The summed E-state index contributed by atoms with van der Waals surface area (Å²) >= 11 is 0. The first kappa shape index (κ1) is 10.7. The maximum atomic E-state index is 6.39. The van der Waals surface area contributed by atoms with E-state index in [0.29, 0.717) is 5.92 Å². The predicted molar refractivity (Wildman–Crippen MR) is 63.9 cm³/mol. The van der Waals surface area contributed by atoms with Gasteiger partial charge >= 0.3 is 0 Å². The Kier molecular flexibility index (Phi) is 2.81. The fraction of sp³-hybridized carbons (Fsp3) is 0.538. The summed E-state index contributed by atoms with van der Waals surface area (Å²) in [6, 6.07) is 8.72. The topological polar surface area (TPSA) is 38.0 Å². The Labute approximate surface area is 91.9 Å². The molecule has 15 heavy (non-hydrogen) atoms. The second-order valence-corrected chi connectivity index (χ2v) is 4.86. The van der Waals surface area contributed by atoms with Crippen LogP contribution in [0.25, 0.3) is 0 Å². The molecule has 0 bridgehead atoms. The second kappa shape index (κ2) is 3.95. The molecular formula is C13H20N2. The molecule has 0 aliphatic carbocycles. The molecule has 2 nitrogen and oxygen atoms in total. The van der Waals surface area contributed by atoms with Crippen molar-refractivity contribution in [2.45, 2.75) is 31.7 Å². The largest absolute Gasteiger partial charge is 0.320 e. The van der Waals surface area contributed by atoms with Crippen molar-refractivity contribution < 1.29 is 0 Å². The van der Waals surface area contributed by atoms with Crippen molar-refractivity contribution in [3.05, 3.63) is 35.4 Å². The Bertz CT molecular complexity index is 338. The van der Waals surface area contributed by atoms with Crippen LogP contribution in [0.5, 0.6) is 0 Å². The van der Waals surface area contributed by atoms with E-state index in [1.165, 1.54) is 11.1 Å². The molecule has 1 atom stereocenters. The van der Waals surface area contributed by atoms with Gasteiger partial charge in [0.15, 0.2) is 0 Å². The SMILES string of the molecule is CC(C)c1cccc(C2(N)CCNC2)c1. The van der Waals surface area contributed by atoms with Crippen molar-refractivity contribution in [2.24, 2.45) is 5.73 Å². The summed E-state index contributed by atoms with van der Waals surface area (Å²) < 4.78 is 0. The smallest absolute Gasteiger partial charge is 0.0548 e. The highest BCUT2D eigenvalue weighted by Gasteiger charge is 2.31. The molecule has 1 aliphatic rings. The first-order chi connectivity index (χ1) is 7.12. The number of hydrogen-bond donors (Lipinski definition) is 2. The van der Waals surface area contributed by atoms with Gasteiger partial charge < -0.3 is 11.1 Å². The van der Waals surface area contributed by atoms with Gasteiger partial charge in [-0.15, -0.1) is 0 Å². The molecular weight excluding hydrogens is 184 g/mol. The first-order valence-electron chi connectivity index (χ1n) is 5.72. The lowest BCUT2D eigenvalue weighted by atomic mass is 9.87. The molecule has 1 aromatic rings. The van der Waals surface area contributed by atoms with E-state index in [9.17, 15) is 0 Å². The summed E-state index contributed by atoms with van der Waals surface area (Å²) in [5.41, 5.74) is 8.89. The molecule has 1 unspecified atom stereocenters. The monoisotopic (exact) mass is 204 g/mol. The van der Waals surface area contributed by atoms with Gasteiger partial charge in [0.05, 0.1) is 5.54 Å². The van der Waals surface area contributed by atoms with Crippen LogP contribution >= 0.6 is 0 Å². The molecule has 1 heterocycles. The number of rotatable bonds is 2. The molecule has 0 radical (unpaired) electrons. The zero-order valence-corrected chi connectivity index (χ0v) is 9.59. The zero-order valence-electron chi connectivity index (χ0n) is 9.59. The van der Waals surface area contributed by atoms with Gasteiger partial charge in [-0.2, -0.15) is 0 Å². The van der Waals surface area contributed by atoms with E-state index in [0.717, 1.165) is 19.5 Å². The zero-order chi connectivity index (χ0) is 10.9. The lowest BCUT2D eigenvalue weighted by Gasteiger charge is -2.24. The standard InChI is InChI=1S/C13H20N2/c1-10(2)11-4-3-5-12(8-11)13(14)6-7-15-9-13/h3-5,8,10,15H,6-7,9,14H2,1-2H3. The third kappa shape index (κ3) is 2.06. The molecule has 1 aromatic carbocycles. The summed E-state index contributed by atoms with van der Waals surface area (Å²) in [5, 5.41) is 3.34. The minimum Gasteiger partial charge on any atom is -0.320 e. The lowest BCUT2D eigenvalue weighted by Crippen LogP contribution is -2.38. The maximum absolute atomic E-state index is 6.39. The molecule has 1 aliphatic heterocycles. The highest BCUT2D eigenvalue weighted by Crippen LogP contribution is 2.27. The molecule has 2 rings (SSSR count). The highest BCUT2D eigenvalue weighted by molar-refractivity contribution is 5.32. The van der Waals surface area contributed by atoms with Gasteiger partial charge in [0.25, 0.3) is 0 Å². The molecule has 82 valence electrons. The number of hydrogen-bond acceptors (Lipinski definition) is 2. The molecule has 1 fully saturated rings. The predicted octanol–water partition coefficient (Wildman–Crippen LogP) is 1.96. The second-order valence-electron chi connectivity index (χ2n) is 4.86. The third-order valence-corrected chi connectivity index (χ3v) is 3.32. The van der Waals surface area contributed by atoms with Crippen LogP contribution < -0.4 is 11.1 Å². The minimum absolute atomic E-state index is 0.148. The van der Waals surface area contributed by atoms with Crippen molar-refractivity contribution in [3.8, 4) is 0 Å². The van der Waals surface area contributed by atoms with E-state index in [2.05, 4.69) is 43.4 Å². The molecule has 1 saturated heterocycles. The van der Waals surface area contributed by atoms with Crippen LogP contribution in [0.1, 0.15) is 37.3 Å². The normalized spacial score (nSPS) is 26.1. The van der Waals surface area contributed by atoms with Crippen molar-refractivity contribution >= 4 is 0 Å². The Morgan fingerprint density at radius 1 is 1.40 bits per heavy atom. The van der Waals surface area contributed by atoms with Gasteiger partial charge in [-0.1, -0.05) is 38.1 Å². The van der Waals surface area contributed by atoms with Crippen molar-refractivity contribution in [3.63, 3.8) is 0 Å². The molecule has 0 aromatic heterocycles. The van der Waals surface area contributed by atoms with E-state index >= 15 is 0 Å². The summed E-state index contributed by atoms with van der Waals surface area (Å²) in [7, 11) is 0. The van der Waals surface area contributed by atoms with Crippen molar-refractivity contribution in [1.29, 1.82) is 0 Å². The molecule has 2 heteroatoms. The van der Waals surface area contributed by atoms with E-state index < -0.39 is 0 Å².